The Morgan fingerprint density at radius 1 is 1.09 bits per heavy atom. The summed E-state index contributed by atoms with van der Waals surface area (Å²) in [6.45, 7) is 1.74. The molecular weight excluding hydrogens is 432 g/mol. The van der Waals surface area contributed by atoms with E-state index in [1.807, 2.05) is 60.7 Å². The van der Waals surface area contributed by atoms with Crippen LogP contribution < -0.4 is 10.6 Å². The van der Waals surface area contributed by atoms with Gasteiger partial charge in [0.15, 0.2) is 5.13 Å². The van der Waals surface area contributed by atoms with Gasteiger partial charge in [0.05, 0.1) is 0 Å². The molecule has 0 bridgehead atoms. The van der Waals surface area contributed by atoms with Crippen LogP contribution in [-0.4, -0.2) is 47.9 Å². The molecule has 170 valence electrons. The molecule has 2 amide bonds. The molecule has 1 aromatic heterocycles. The molecule has 0 aliphatic carbocycles. The third kappa shape index (κ3) is 6.15. The molecule has 33 heavy (non-hydrogen) atoms. The van der Waals surface area contributed by atoms with Crippen molar-refractivity contribution in [2.24, 2.45) is 0 Å². The molecule has 6 nitrogen and oxygen atoms in total. The summed E-state index contributed by atoms with van der Waals surface area (Å²) in [4.78, 5) is 31.9. The maximum absolute atomic E-state index is 12.8. The van der Waals surface area contributed by atoms with Crippen LogP contribution in [0.1, 0.15) is 40.9 Å². The molecule has 1 saturated heterocycles. The van der Waals surface area contributed by atoms with Gasteiger partial charge in [0.25, 0.3) is 11.8 Å². The molecule has 0 radical (unpaired) electrons. The molecule has 2 N–H and O–H groups in total. The Kier molecular flexibility index (Phi) is 7.65. The molecule has 2 heterocycles. The van der Waals surface area contributed by atoms with Crippen LogP contribution in [0.2, 0.25) is 0 Å². The minimum Gasteiger partial charge on any atom is -0.351 e. The number of nitrogens with zero attached hydrogens (tertiary/aromatic N) is 2. The highest BCUT2D eigenvalue weighted by Gasteiger charge is 2.20. The standard InChI is InChI=1S/C26H28N4O2S/c1-30-16-8-13-21(30)14-15-27-25(32)23-18-33-26(28-23)29-24(31)17-22(19-9-4-2-5-10-19)20-11-6-3-7-12-20/h2-7,9-12,17-18,21H,8,13-16H2,1H3,(H,27,32)(H,28,29,31). The van der Waals surface area contributed by atoms with E-state index in [4.69, 9.17) is 0 Å². The monoisotopic (exact) mass is 460 g/mol. The smallest absolute Gasteiger partial charge is 0.270 e. The molecule has 4 rings (SSSR count). The van der Waals surface area contributed by atoms with E-state index in [-0.39, 0.29) is 11.8 Å². The van der Waals surface area contributed by atoms with E-state index in [9.17, 15) is 9.59 Å². The van der Waals surface area contributed by atoms with Gasteiger partial charge in [0.2, 0.25) is 0 Å². The molecule has 0 spiro atoms. The lowest BCUT2D eigenvalue weighted by Crippen LogP contribution is -2.31. The Morgan fingerprint density at radius 3 is 2.36 bits per heavy atom. The van der Waals surface area contributed by atoms with E-state index in [0.717, 1.165) is 29.7 Å². The second kappa shape index (κ2) is 11.0. The number of rotatable bonds is 8. The zero-order valence-corrected chi connectivity index (χ0v) is 19.5. The second-order valence-electron chi connectivity index (χ2n) is 8.14. The summed E-state index contributed by atoms with van der Waals surface area (Å²) in [5.41, 5.74) is 3.04. The predicted molar refractivity (Wildman–Crippen MR) is 133 cm³/mol. The van der Waals surface area contributed by atoms with Gasteiger partial charge in [-0.25, -0.2) is 4.98 Å². The summed E-state index contributed by atoms with van der Waals surface area (Å²) in [5.74, 6) is -0.500. The van der Waals surface area contributed by atoms with E-state index >= 15 is 0 Å². The van der Waals surface area contributed by atoms with Crippen LogP contribution in [0.25, 0.3) is 5.57 Å². The summed E-state index contributed by atoms with van der Waals surface area (Å²) in [6.07, 6.45) is 4.90. The number of amides is 2. The van der Waals surface area contributed by atoms with Crippen LogP contribution >= 0.6 is 11.3 Å². The summed E-state index contributed by atoms with van der Waals surface area (Å²) in [6, 6.07) is 20.1. The number of carbonyl (C=O) groups excluding carboxylic acids is 2. The Morgan fingerprint density at radius 2 is 1.76 bits per heavy atom. The summed E-state index contributed by atoms with van der Waals surface area (Å²) in [5, 5.41) is 7.81. The Balaban J connectivity index is 1.39. The maximum Gasteiger partial charge on any atom is 0.270 e. The second-order valence-corrected chi connectivity index (χ2v) is 9.00. The quantitative estimate of drug-likeness (QED) is 0.488. The van der Waals surface area contributed by atoms with Gasteiger partial charge in [-0.3, -0.25) is 14.9 Å². The van der Waals surface area contributed by atoms with Crippen molar-refractivity contribution in [2.75, 3.05) is 25.5 Å². The number of aromatic nitrogens is 1. The maximum atomic E-state index is 12.8. The van der Waals surface area contributed by atoms with Crippen molar-refractivity contribution in [3.8, 4) is 0 Å². The van der Waals surface area contributed by atoms with Gasteiger partial charge in [-0.1, -0.05) is 60.7 Å². The van der Waals surface area contributed by atoms with Gasteiger partial charge in [-0.15, -0.1) is 11.3 Å². The number of anilines is 1. The lowest BCUT2D eigenvalue weighted by molar-refractivity contribution is -0.111. The average Bonchev–Trinajstić information content (AvgIpc) is 3.47. The predicted octanol–water partition coefficient (Wildman–Crippen LogP) is 4.43. The van der Waals surface area contributed by atoms with Crippen molar-refractivity contribution in [3.05, 3.63) is 88.9 Å². The van der Waals surface area contributed by atoms with Gasteiger partial charge in [-0.2, -0.15) is 0 Å². The molecule has 1 fully saturated rings. The molecule has 3 aromatic rings. The minimum absolute atomic E-state index is 0.211. The van der Waals surface area contributed by atoms with E-state index in [1.54, 1.807) is 11.5 Å². The first-order valence-electron chi connectivity index (χ1n) is 11.2. The third-order valence-corrected chi connectivity index (χ3v) is 6.60. The highest BCUT2D eigenvalue weighted by atomic mass is 32.1. The highest BCUT2D eigenvalue weighted by molar-refractivity contribution is 7.14. The Bertz CT molecular complexity index is 1070. The summed E-state index contributed by atoms with van der Waals surface area (Å²) >= 11 is 1.24. The normalized spacial score (nSPS) is 15.7. The van der Waals surface area contributed by atoms with E-state index in [1.165, 1.54) is 24.2 Å². The summed E-state index contributed by atoms with van der Waals surface area (Å²) in [7, 11) is 2.13. The van der Waals surface area contributed by atoms with Crippen molar-refractivity contribution < 1.29 is 9.59 Å². The Hall–Kier alpha value is -3.29. The fourth-order valence-electron chi connectivity index (χ4n) is 4.06. The minimum atomic E-state index is -0.289. The number of thiazole rings is 1. The number of nitrogens with one attached hydrogen (secondary N) is 2. The van der Waals surface area contributed by atoms with E-state index < -0.39 is 0 Å². The topological polar surface area (TPSA) is 74.3 Å². The zero-order valence-electron chi connectivity index (χ0n) is 18.7. The van der Waals surface area contributed by atoms with Crippen molar-refractivity contribution in [2.45, 2.75) is 25.3 Å². The fourth-order valence-corrected chi connectivity index (χ4v) is 4.76. The highest BCUT2D eigenvalue weighted by Crippen LogP contribution is 2.24. The number of hydrogen-bond acceptors (Lipinski definition) is 5. The summed E-state index contributed by atoms with van der Waals surface area (Å²) < 4.78 is 0. The fraction of sp³-hybridized carbons (Fsp3) is 0.269. The van der Waals surface area contributed by atoms with Gasteiger partial charge in [0, 0.05) is 24.0 Å². The van der Waals surface area contributed by atoms with Crippen molar-refractivity contribution in [3.63, 3.8) is 0 Å². The molecule has 2 aromatic carbocycles. The van der Waals surface area contributed by atoms with E-state index in [0.29, 0.717) is 23.4 Å². The first-order valence-corrected chi connectivity index (χ1v) is 12.1. The van der Waals surface area contributed by atoms with Crippen LogP contribution in [0, 0.1) is 0 Å². The molecule has 1 aliphatic heterocycles. The van der Waals surface area contributed by atoms with Crippen molar-refractivity contribution >= 4 is 33.9 Å². The Labute approximate surface area is 198 Å². The lowest BCUT2D eigenvalue weighted by atomic mass is 9.97. The van der Waals surface area contributed by atoms with Crippen LogP contribution in [0.5, 0.6) is 0 Å². The molecule has 7 heteroatoms. The van der Waals surface area contributed by atoms with Crippen LogP contribution in [0.4, 0.5) is 5.13 Å². The van der Waals surface area contributed by atoms with Crippen LogP contribution in [0.3, 0.4) is 0 Å². The van der Waals surface area contributed by atoms with Gasteiger partial charge >= 0.3 is 0 Å². The molecule has 1 unspecified atom stereocenters. The lowest BCUT2D eigenvalue weighted by Gasteiger charge is -2.19. The molecular formula is C26H28N4O2S. The van der Waals surface area contributed by atoms with Crippen molar-refractivity contribution in [1.82, 2.24) is 15.2 Å². The van der Waals surface area contributed by atoms with Crippen LogP contribution in [0.15, 0.2) is 72.1 Å². The van der Waals surface area contributed by atoms with Gasteiger partial charge in [-0.05, 0) is 49.6 Å². The third-order valence-electron chi connectivity index (χ3n) is 5.85. The largest absolute Gasteiger partial charge is 0.351 e. The van der Waals surface area contributed by atoms with Crippen molar-refractivity contribution in [1.29, 1.82) is 0 Å². The first kappa shape index (κ1) is 22.9. The number of likely N-dealkylation sites (tertiary alicyclic amines) is 1. The first-order chi connectivity index (χ1) is 16.1. The van der Waals surface area contributed by atoms with E-state index in [2.05, 4.69) is 27.6 Å². The molecule has 1 aliphatic rings. The SMILES string of the molecule is CN1CCCC1CCNC(=O)c1csc(NC(=O)C=C(c2ccccc2)c2ccccc2)n1. The zero-order chi connectivity index (χ0) is 23.0. The van der Waals surface area contributed by atoms with Gasteiger partial charge < -0.3 is 10.2 Å². The molecule has 0 saturated carbocycles. The average molecular weight is 461 g/mol. The number of carbonyl (C=O) groups is 2. The molecule has 1 atom stereocenters. The number of hydrogen-bond donors (Lipinski definition) is 2. The van der Waals surface area contributed by atoms with Crippen LogP contribution in [-0.2, 0) is 4.79 Å². The van der Waals surface area contributed by atoms with Gasteiger partial charge in [0.1, 0.15) is 5.69 Å². The number of benzene rings is 2.